The van der Waals surface area contributed by atoms with Crippen molar-refractivity contribution < 1.29 is 23.6 Å². The number of nitro groups is 1. The van der Waals surface area contributed by atoms with Crippen LogP contribution in [0.5, 0.6) is 0 Å². The number of aromatic nitrogens is 1. The Labute approximate surface area is 107 Å². The first kappa shape index (κ1) is 13.7. The molecule has 0 aromatic carbocycles. The van der Waals surface area contributed by atoms with Gasteiger partial charge in [0, 0.05) is 9.64 Å². The SMILES string of the molecule is O=C(O)Cc1nc(C(F)F)c(I)cc1[N+](=O)[O-]. The van der Waals surface area contributed by atoms with Crippen LogP contribution in [0.15, 0.2) is 6.07 Å². The molecule has 1 heterocycles. The van der Waals surface area contributed by atoms with Crippen molar-refractivity contribution in [2.75, 3.05) is 0 Å². The first-order chi connectivity index (χ1) is 7.82. The van der Waals surface area contributed by atoms with Crippen LogP contribution < -0.4 is 0 Å². The van der Waals surface area contributed by atoms with E-state index in [-0.39, 0.29) is 3.57 Å². The summed E-state index contributed by atoms with van der Waals surface area (Å²) in [5.74, 6) is -1.37. The largest absolute Gasteiger partial charge is 0.481 e. The fourth-order valence-electron chi connectivity index (χ4n) is 1.12. The molecule has 0 saturated carbocycles. The van der Waals surface area contributed by atoms with Gasteiger partial charge in [0.1, 0.15) is 11.4 Å². The maximum Gasteiger partial charge on any atom is 0.309 e. The maximum atomic E-state index is 12.5. The number of hydrogen-bond acceptors (Lipinski definition) is 4. The van der Waals surface area contributed by atoms with Gasteiger partial charge in [0.15, 0.2) is 0 Å². The molecule has 1 aromatic rings. The van der Waals surface area contributed by atoms with Gasteiger partial charge < -0.3 is 5.11 Å². The second kappa shape index (κ2) is 5.29. The highest BCUT2D eigenvalue weighted by Crippen LogP contribution is 2.28. The molecule has 17 heavy (non-hydrogen) atoms. The minimum Gasteiger partial charge on any atom is -0.481 e. The molecule has 0 fully saturated rings. The lowest BCUT2D eigenvalue weighted by Gasteiger charge is -2.05. The minimum atomic E-state index is -2.91. The van der Waals surface area contributed by atoms with E-state index in [1.54, 1.807) is 0 Å². The molecule has 92 valence electrons. The maximum absolute atomic E-state index is 12.5. The summed E-state index contributed by atoms with van der Waals surface area (Å²) in [6.45, 7) is 0. The first-order valence-electron chi connectivity index (χ1n) is 4.16. The van der Waals surface area contributed by atoms with E-state index in [4.69, 9.17) is 5.11 Å². The molecule has 6 nitrogen and oxygen atoms in total. The van der Waals surface area contributed by atoms with Crippen molar-refractivity contribution in [2.24, 2.45) is 0 Å². The predicted octanol–water partition coefficient (Wildman–Crippen LogP) is 2.16. The van der Waals surface area contributed by atoms with Crippen LogP contribution in [0.25, 0.3) is 0 Å². The molecule has 0 radical (unpaired) electrons. The van der Waals surface area contributed by atoms with E-state index >= 15 is 0 Å². The molecule has 0 aliphatic heterocycles. The minimum absolute atomic E-state index is 0.0709. The number of nitrogens with zero attached hydrogens (tertiary/aromatic N) is 2. The number of carbonyl (C=O) groups is 1. The van der Waals surface area contributed by atoms with Gasteiger partial charge >= 0.3 is 5.97 Å². The fraction of sp³-hybridized carbons (Fsp3) is 0.250. The van der Waals surface area contributed by atoms with Gasteiger partial charge in [-0.3, -0.25) is 14.9 Å². The average Bonchev–Trinajstić information content (AvgIpc) is 2.18. The van der Waals surface area contributed by atoms with Crippen LogP contribution in [-0.4, -0.2) is 21.0 Å². The number of rotatable bonds is 4. The Hall–Kier alpha value is -1.39. The summed E-state index contributed by atoms with van der Waals surface area (Å²) in [4.78, 5) is 23.6. The summed E-state index contributed by atoms with van der Waals surface area (Å²) < 4.78 is 24.9. The zero-order valence-electron chi connectivity index (χ0n) is 8.06. The van der Waals surface area contributed by atoms with Crippen LogP contribution in [0, 0.1) is 13.7 Å². The van der Waals surface area contributed by atoms with Crippen molar-refractivity contribution in [3.8, 4) is 0 Å². The van der Waals surface area contributed by atoms with E-state index in [2.05, 4.69) is 4.98 Å². The normalized spacial score (nSPS) is 10.6. The molecule has 0 bridgehead atoms. The van der Waals surface area contributed by atoms with Crippen LogP contribution in [-0.2, 0) is 11.2 Å². The Balaban J connectivity index is 3.36. The van der Waals surface area contributed by atoms with E-state index in [0.717, 1.165) is 6.07 Å². The summed E-state index contributed by atoms with van der Waals surface area (Å²) in [5.41, 5.74) is -1.69. The Morgan fingerprint density at radius 2 is 2.24 bits per heavy atom. The first-order valence-corrected chi connectivity index (χ1v) is 5.24. The van der Waals surface area contributed by atoms with Crippen molar-refractivity contribution >= 4 is 34.2 Å². The zero-order chi connectivity index (χ0) is 13.2. The van der Waals surface area contributed by atoms with Crippen LogP contribution in [0.1, 0.15) is 17.8 Å². The summed E-state index contributed by atoms with van der Waals surface area (Å²) >= 11 is 1.49. The van der Waals surface area contributed by atoms with Crippen molar-refractivity contribution in [2.45, 2.75) is 12.8 Å². The lowest BCUT2D eigenvalue weighted by molar-refractivity contribution is -0.386. The number of pyridine rings is 1. The van der Waals surface area contributed by atoms with Gasteiger partial charge in [0.2, 0.25) is 0 Å². The summed E-state index contributed by atoms with van der Waals surface area (Å²) in [7, 11) is 0. The quantitative estimate of drug-likeness (QED) is 0.506. The monoisotopic (exact) mass is 358 g/mol. The highest BCUT2D eigenvalue weighted by atomic mass is 127. The summed E-state index contributed by atoms with van der Waals surface area (Å²) in [6, 6.07) is 0.896. The fourth-order valence-corrected chi connectivity index (χ4v) is 1.77. The van der Waals surface area contributed by atoms with E-state index in [1.807, 2.05) is 0 Å². The van der Waals surface area contributed by atoms with E-state index in [0.29, 0.717) is 0 Å². The highest BCUT2D eigenvalue weighted by molar-refractivity contribution is 14.1. The van der Waals surface area contributed by atoms with E-state index in [1.165, 1.54) is 22.6 Å². The Bertz CT molecular complexity index is 481. The topological polar surface area (TPSA) is 93.3 Å². The lowest BCUT2D eigenvalue weighted by atomic mass is 10.2. The molecular weight excluding hydrogens is 353 g/mol. The third-order valence-electron chi connectivity index (χ3n) is 1.78. The third kappa shape index (κ3) is 3.28. The number of carboxylic acid groups (broad SMARTS) is 1. The second-order valence-electron chi connectivity index (χ2n) is 2.95. The van der Waals surface area contributed by atoms with Crippen molar-refractivity contribution in [3.05, 3.63) is 31.1 Å². The van der Waals surface area contributed by atoms with E-state index in [9.17, 15) is 23.7 Å². The smallest absolute Gasteiger partial charge is 0.309 e. The number of halogens is 3. The van der Waals surface area contributed by atoms with Crippen molar-refractivity contribution in [1.29, 1.82) is 0 Å². The van der Waals surface area contributed by atoms with Gasteiger partial charge in [-0.25, -0.2) is 13.8 Å². The lowest BCUT2D eigenvalue weighted by Crippen LogP contribution is -2.09. The van der Waals surface area contributed by atoms with Crippen LogP contribution in [0.4, 0.5) is 14.5 Å². The van der Waals surface area contributed by atoms with Gasteiger partial charge in [-0.05, 0) is 22.6 Å². The van der Waals surface area contributed by atoms with Gasteiger partial charge in [-0.1, -0.05) is 0 Å². The Morgan fingerprint density at radius 3 is 2.65 bits per heavy atom. The molecule has 0 unspecified atom stereocenters. The van der Waals surface area contributed by atoms with Crippen LogP contribution >= 0.6 is 22.6 Å². The van der Waals surface area contributed by atoms with Gasteiger partial charge in [-0.2, -0.15) is 0 Å². The number of aliphatic carboxylic acids is 1. The second-order valence-corrected chi connectivity index (χ2v) is 4.11. The molecule has 0 aliphatic carbocycles. The predicted molar refractivity (Wildman–Crippen MR) is 59.9 cm³/mol. The van der Waals surface area contributed by atoms with Crippen molar-refractivity contribution in [1.82, 2.24) is 4.98 Å². The zero-order valence-corrected chi connectivity index (χ0v) is 10.2. The van der Waals surface area contributed by atoms with Crippen LogP contribution in [0.3, 0.4) is 0 Å². The molecule has 9 heteroatoms. The molecular formula is C8H5F2IN2O4. The van der Waals surface area contributed by atoms with Gasteiger partial charge in [0.05, 0.1) is 11.3 Å². The number of alkyl halides is 2. The van der Waals surface area contributed by atoms with Gasteiger partial charge in [0.25, 0.3) is 12.1 Å². The summed E-state index contributed by atoms with van der Waals surface area (Å²) in [6.07, 6.45) is -3.68. The Morgan fingerprint density at radius 1 is 1.65 bits per heavy atom. The Kier molecular flexibility index (Phi) is 4.26. The number of carboxylic acids is 1. The van der Waals surface area contributed by atoms with Crippen molar-refractivity contribution in [3.63, 3.8) is 0 Å². The molecule has 1 aromatic heterocycles. The van der Waals surface area contributed by atoms with E-state index < -0.39 is 40.8 Å². The molecule has 0 spiro atoms. The molecule has 0 saturated heterocycles. The standard InChI is InChI=1S/C8H5F2IN2O4/c9-8(10)7-3(11)1-5(13(16)17)4(12-7)2-6(14)15/h1,8H,2H2,(H,14,15). The average molecular weight is 358 g/mol. The van der Waals surface area contributed by atoms with Gasteiger partial charge in [-0.15, -0.1) is 0 Å². The molecule has 1 N–H and O–H groups in total. The molecule has 0 aliphatic rings. The third-order valence-corrected chi connectivity index (χ3v) is 2.65. The molecule has 0 atom stereocenters. The molecule has 0 amide bonds. The number of hydrogen-bond donors (Lipinski definition) is 1. The molecule has 1 rings (SSSR count). The summed E-state index contributed by atoms with van der Waals surface area (Å²) in [5, 5.41) is 19.1. The van der Waals surface area contributed by atoms with Crippen LogP contribution in [0.2, 0.25) is 0 Å². The highest BCUT2D eigenvalue weighted by Gasteiger charge is 2.24.